The van der Waals surface area contributed by atoms with E-state index in [9.17, 15) is 14.9 Å². The summed E-state index contributed by atoms with van der Waals surface area (Å²) in [7, 11) is 0. The maximum Gasteiger partial charge on any atom is 0.269 e. The SMILES string of the molecule is CCOc1cc(/C=C/C(=O)c2ccc([N+](=O)[O-])cc2)cc(Br)c1OCC. The molecule has 0 heterocycles. The van der Waals surface area contributed by atoms with Crippen LogP contribution in [-0.2, 0) is 0 Å². The van der Waals surface area contributed by atoms with E-state index in [2.05, 4.69) is 15.9 Å². The van der Waals surface area contributed by atoms with E-state index in [-0.39, 0.29) is 11.5 Å². The normalized spacial score (nSPS) is 10.7. The van der Waals surface area contributed by atoms with Gasteiger partial charge >= 0.3 is 0 Å². The number of benzene rings is 2. The summed E-state index contributed by atoms with van der Waals surface area (Å²) in [6, 6.07) is 9.10. The van der Waals surface area contributed by atoms with Gasteiger partial charge in [0.25, 0.3) is 5.69 Å². The summed E-state index contributed by atoms with van der Waals surface area (Å²) in [5, 5.41) is 10.7. The third-order valence-corrected chi connectivity index (χ3v) is 4.00. The second kappa shape index (κ2) is 9.15. The number of ketones is 1. The first-order valence-corrected chi connectivity index (χ1v) is 8.81. The molecule has 0 amide bonds. The third kappa shape index (κ3) is 4.92. The number of hydrogen-bond acceptors (Lipinski definition) is 5. The maximum absolute atomic E-state index is 12.2. The van der Waals surface area contributed by atoms with Crippen molar-refractivity contribution in [3.05, 3.63) is 68.2 Å². The number of hydrogen-bond donors (Lipinski definition) is 0. The number of nitrogens with zero attached hydrogens (tertiary/aromatic N) is 1. The van der Waals surface area contributed by atoms with Crippen LogP contribution in [0.3, 0.4) is 0 Å². The zero-order valence-corrected chi connectivity index (χ0v) is 16.0. The second-order valence-corrected chi connectivity index (χ2v) is 6.05. The predicted octanol–water partition coefficient (Wildman–Crippen LogP) is 5.05. The molecule has 0 aliphatic carbocycles. The first-order valence-electron chi connectivity index (χ1n) is 8.02. The van der Waals surface area contributed by atoms with Crippen LogP contribution in [0, 0.1) is 10.1 Å². The van der Waals surface area contributed by atoms with Crippen molar-refractivity contribution in [3.63, 3.8) is 0 Å². The van der Waals surface area contributed by atoms with Crippen molar-refractivity contribution in [3.8, 4) is 11.5 Å². The van der Waals surface area contributed by atoms with Gasteiger partial charge in [0, 0.05) is 17.7 Å². The summed E-state index contributed by atoms with van der Waals surface area (Å²) < 4.78 is 11.9. The number of allylic oxidation sites excluding steroid dienone is 1. The van der Waals surface area contributed by atoms with Gasteiger partial charge in [0.2, 0.25) is 0 Å². The van der Waals surface area contributed by atoms with Gasteiger partial charge in [0.15, 0.2) is 17.3 Å². The Morgan fingerprint density at radius 1 is 1.15 bits per heavy atom. The van der Waals surface area contributed by atoms with Gasteiger partial charge in [-0.1, -0.05) is 6.08 Å². The van der Waals surface area contributed by atoms with Crippen LogP contribution in [0.5, 0.6) is 11.5 Å². The molecule has 0 unspecified atom stereocenters. The molecule has 2 aromatic rings. The molecule has 2 rings (SSSR count). The van der Waals surface area contributed by atoms with Gasteiger partial charge in [-0.2, -0.15) is 0 Å². The number of non-ortho nitro benzene ring substituents is 1. The fourth-order valence-electron chi connectivity index (χ4n) is 2.25. The molecule has 0 spiro atoms. The molecular formula is C19H18BrNO5. The molecule has 0 bridgehead atoms. The quantitative estimate of drug-likeness (QED) is 0.258. The summed E-state index contributed by atoms with van der Waals surface area (Å²) in [5.74, 6) is 0.960. The van der Waals surface area contributed by atoms with E-state index in [1.165, 1.54) is 30.3 Å². The van der Waals surface area contributed by atoms with Gasteiger partial charge in [-0.15, -0.1) is 0 Å². The van der Waals surface area contributed by atoms with E-state index in [0.717, 1.165) is 10.0 Å². The maximum atomic E-state index is 12.2. The minimum Gasteiger partial charge on any atom is -0.490 e. The molecule has 2 aromatic carbocycles. The summed E-state index contributed by atoms with van der Waals surface area (Å²) >= 11 is 3.45. The second-order valence-electron chi connectivity index (χ2n) is 5.20. The minimum atomic E-state index is -0.503. The number of nitro groups is 1. The van der Waals surface area contributed by atoms with Crippen LogP contribution in [0.1, 0.15) is 29.8 Å². The molecule has 0 aromatic heterocycles. The topological polar surface area (TPSA) is 78.7 Å². The van der Waals surface area contributed by atoms with Crippen molar-refractivity contribution in [1.82, 2.24) is 0 Å². The Balaban J connectivity index is 2.23. The van der Waals surface area contributed by atoms with E-state index in [4.69, 9.17) is 9.47 Å². The molecule has 0 aliphatic rings. The molecule has 136 valence electrons. The molecule has 7 heteroatoms. The number of ether oxygens (including phenoxy) is 2. The Hall–Kier alpha value is -2.67. The van der Waals surface area contributed by atoms with Crippen LogP contribution in [0.2, 0.25) is 0 Å². The van der Waals surface area contributed by atoms with Crippen molar-refractivity contribution in [2.75, 3.05) is 13.2 Å². The summed E-state index contributed by atoms with van der Waals surface area (Å²) in [6.07, 6.45) is 3.08. The van der Waals surface area contributed by atoms with Crippen molar-refractivity contribution >= 4 is 33.5 Å². The van der Waals surface area contributed by atoms with Crippen LogP contribution in [0.25, 0.3) is 6.08 Å². The molecule has 0 N–H and O–H groups in total. The zero-order valence-electron chi connectivity index (χ0n) is 14.4. The number of halogens is 1. The van der Waals surface area contributed by atoms with Crippen LogP contribution in [0.4, 0.5) is 5.69 Å². The van der Waals surface area contributed by atoms with Gasteiger partial charge in [-0.3, -0.25) is 14.9 Å². The number of rotatable bonds is 8. The molecule has 6 nitrogen and oxygen atoms in total. The fourth-order valence-corrected chi connectivity index (χ4v) is 2.82. The number of carbonyl (C=O) groups excluding carboxylic acids is 1. The van der Waals surface area contributed by atoms with Gasteiger partial charge < -0.3 is 9.47 Å². The van der Waals surface area contributed by atoms with Crippen LogP contribution >= 0.6 is 15.9 Å². The highest BCUT2D eigenvalue weighted by atomic mass is 79.9. The van der Waals surface area contributed by atoms with Gasteiger partial charge in [-0.25, -0.2) is 0 Å². The first kappa shape index (κ1) is 19.7. The van der Waals surface area contributed by atoms with Gasteiger partial charge in [-0.05, 0) is 65.7 Å². The van der Waals surface area contributed by atoms with Gasteiger partial charge in [0.05, 0.1) is 22.6 Å². The monoisotopic (exact) mass is 419 g/mol. The van der Waals surface area contributed by atoms with Crippen molar-refractivity contribution < 1.29 is 19.2 Å². The molecule has 0 saturated heterocycles. The highest BCUT2D eigenvalue weighted by Crippen LogP contribution is 2.37. The van der Waals surface area contributed by atoms with Crippen LogP contribution < -0.4 is 9.47 Å². The van der Waals surface area contributed by atoms with Crippen LogP contribution in [0.15, 0.2) is 46.9 Å². The summed E-state index contributed by atoms with van der Waals surface area (Å²) in [6.45, 7) is 4.76. The predicted molar refractivity (Wildman–Crippen MR) is 103 cm³/mol. The molecule has 0 aliphatic heterocycles. The molecule has 0 fully saturated rings. The Morgan fingerprint density at radius 3 is 2.38 bits per heavy atom. The highest BCUT2D eigenvalue weighted by Gasteiger charge is 2.12. The van der Waals surface area contributed by atoms with E-state index in [0.29, 0.717) is 30.3 Å². The average molecular weight is 420 g/mol. The molecule has 0 saturated carbocycles. The standard InChI is InChI=1S/C19H18BrNO5/c1-3-25-18-12-13(11-16(20)19(18)26-4-2)5-10-17(22)14-6-8-15(9-7-14)21(23)24/h5-12H,3-4H2,1-2H3/b10-5+. The third-order valence-electron chi connectivity index (χ3n) is 3.41. The van der Waals surface area contributed by atoms with E-state index in [1.807, 2.05) is 19.9 Å². The Kier molecular flexibility index (Phi) is 6.91. The Morgan fingerprint density at radius 2 is 1.81 bits per heavy atom. The minimum absolute atomic E-state index is 0.0534. The van der Waals surface area contributed by atoms with Crippen molar-refractivity contribution in [2.45, 2.75) is 13.8 Å². The highest BCUT2D eigenvalue weighted by molar-refractivity contribution is 9.10. The number of nitro benzene ring substituents is 1. The van der Waals surface area contributed by atoms with Crippen molar-refractivity contribution in [1.29, 1.82) is 0 Å². The largest absolute Gasteiger partial charge is 0.490 e. The smallest absolute Gasteiger partial charge is 0.269 e. The Bertz CT molecular complexity index is 831. The van der Waals surface area contributed by atoms with E-state index >= 15 is 0 Å². The molecular weight excluding hydrogens is 402 g/mol. The van der Waals surface area contributed by atoms with E-state index in [1.54, 1.807) is 12.1 Å². The number of carbonyl (C=O) groups is 1. The lowest BCUT2D eigenvalue weighted by atomic mass is 10.1. The lowest BCUT2D eigenvalue weighted by molar-refractivity contribution is -0.384. The Labute approximate surface area is 159 Å². The van der Waals surface area contributed by atoms with E-state index < -0.39 is 4.92 Å². The molecule has 26 heavy (non-hydrogen) atoms. The molecule has 0 atom stereocenters. The molecule has 0 radical (unpaired) electrons. The first-order chi connectivity index (χ1) is 12.5. The van der Waals surface area contributed by atoms with Crippen molar-refractivity contribution in [2.24, 2.45) is 0 Å². The average Bonchev–Trinajstić information content (AvgIpc) is 2.62. The summed E-state index contributed by atoms with van der Waals surface area (Å²) in [5.41, 5.74) is 1.09. The fraction of sp³-hybridized carbons (Fsp3) is 0.211. The van der Waals surface area contributed by atoms with Crippen LogP contribution in [-0.4, -0.2) is 23.9 Å². The van der Waals surface area contributed by atoms with Gasteiger partial charge in [0.1, 0.15) is 0 Å². The zero-order chi connectivity index (χ0) is 19.1. The lowest BCUT2D eigenvalue weighted by Gasteiger charge is -2.13. The lowest BCUT2D eigenvalue weighted by Crippen LogP contribution is -2.00. The summed E-state index contributed by atoms with van der Waals surface area (Å²) in [4.78, 5) is 22.4.